The number of benzene rings is 1. The first kappa shape index (κ1) is 24.7. The van der Waals surface area contributed by atoms with Gasteiger partial charge in [-0.3, -0.25) is 9.89 Å². The number of hydrogen-bond acceptors (Lipinski definition) is 4. The van der Waals surface area contributed by atoms with E-state index in [2.05, 4.69) is 76.7 Å². The van der Waals surface area contributed by atoms with E-state index in [1.807, 2.05) is 6.92 Å². The zero-order chi connectivity index (χ0) is 24.3. The van der Waals surface area contributed by atoms with Crippen LogP contribution in [-0.4, -0.2) is 27.7 Å². The molecule has 0 amide bonds. The van der Waals surface area contributed by atoms with Gasteiger partial charge in [-0.1, -0.05) is 27.7 Å². The molecule has 0 saturated heterocycles. The number of anilines is 1. The minimum atomic E-state index is -0.0157. The van der Waals surface area contributed by atoms with Crippen molar-refractivity contribution in [2.45, 2.75) is 80.6 Å². The third kappa shape index (κ3) is 4.61. The minimum absolute atomic E-state index is 0.0157. The molecule has 1 N–H and O–H groups in total. The highest BCUT2D eigenvalue weighted by molar-refractivity contribution is 5.58. The highest BCUT2D eigenvalue weighted by Crippen LogP contribution is 2.24. The van der Waals surface area contributed by atoms with Crippen LogP contribution in [0.15, 0.2) is 28.0 Å². The Labute approximate surface area is 197 Å². The van der Waals surface area contributed by atoms with Gasteiger partial charge in [0.15, 0.2) is 5.65 Å². The second-order valence-corrected chi connectivity index (χ2v) is 8.83. The highest BCUT2D eigenvalue weighted by atomic mass is 16.1. The van der Waals surface area contributed by atoms with Gasteiger partial charge in [0, 0.05) is 24.3 Å². The van der Waals surface area contributed by atoms with Crippen LogP contribution in [-0.2, 0) is 6.42 Å². The molecule has 0 saturated carbocycles. The Bertz CT molecular complexity index is 1310. The molecule has 1 aromatic carbocycles. The van der Waals surface area contributed by atoms with Gasteiger partial charge in [-0.25, -0.2) is 9.98 Å². The molecule has 178 valence electrons. The topological polar surface area (TPSA) is 65.8 Å². The molecule has 0 bridgehead atoms. The molecular formula is C27H39N5O. The van der Waals surface area contributed by atoms with Crippen molar-refractivity contribution in [3.8, 4) is 0 Å². The summed E-state index contributed by atoms with van der Waals surface area (Å²) in [6.45, 7) is 18.9. The first-order chi connectivity index (χ1) is 15.8. The van der Waals surface area contributed by atoms with Crippen molar-refractivity contribution < 1.29 is 0 Å². The summed E-state index contributed by atoms with van der Waals surface area (Å²) in [5.74, 6) is 0.218. The molecule has 3 aromatic rings. The maximum Gasteiger partial charge on any atom is 0.276 e. The van der Waals surface area contributed by atoms with Crippen molar-refractivity contribution in [2.24, 2.45) is 4.99 Å². The fourth-order valence-electron chi connectivity index (χ4n) is 4.30. The van der Waals surface area contributed by atoms with E-state index in [0.717, 1.165) is 64.7 Å². The quantitative estimate of drug-likeness (QED) is 0.538. The van der Waals surface area contributed by atoms with Crippen LogP contribution in [0.4, 0.5) is 11.4 Å². The molecule has 0 aliphatic carbocycles. The van der Waals surface area contributed by atoms with Crippen molar-refractivity contribution in [1.82, 2.24) is 14.6 Å². The molecule has 6 nitrogen and oxygen atoms in total. The van der Waals surface area contributed by atoms with Crippen molar-refractivity contribution in [3.05, 3.63) is 56.1 Å². The van der Waals surface area contributed by atoms with Gasteiger partial charge in [0.2, 0.25) is 0 Å². The Balaban J connectivity index is 2.40. The highest BCUT2D eigenvalue weighted by Gasteiger charge is 2.18. The molecule has 0 spiro atoms. The zero-order valence-corrected chi connectivity index (χ0v) is 21.5. The minimum Gasteiger partial charge on any atom is -0.372 e. The molecule has 0 fully saturated rings. The van der Waals surface area contributed by atoms with E-state index in [1.54, 1.807) is 4.52 Å². The molecular weight excluding hydrogens is 410 g/mol. The molecule has 0 radical (unpaired) electrons. The molecule has 2 aromatic heterocycles. The van der Waals surface area contributed by atoms with Gasteiger partial charge in [0.25, 0.3) is 5.56 Å². The van der Waals surface area contributed by atoms with Crippen LogP contribution in [0, 0.1) is 6.92 Å². The summed E-state index contributed by atoms with van der Waals surface area (Å²) < 4.78 is 1.59. The molecule has 1 atom stereocenters. The van der Waals surface area contributed by atoms with Crippen molar-refractivity contribution >= 4 is 22.6 Å². The van der Waals surface area contributed by atoms with Crippen LogP contribution < -0.4 is 21.2 Å². The summed E-state index contributed by atoms with van der Waals surface area (Å²) in [4.78, 5) is 25.9. The lowest BCUT2D eigenvalue weighted by atomic mass is 9.99. The molecule has 1 unspecified atom stereocenters. The van der Waals surface area contributed by atoms with Crippen LogP contribution in [0.5, 0.6) is 0 Å². The summed E-state index contributed by atoms with van der Waals surface area (Å²) in [7, 11) is 0. The van der Waals surface area contributed by atoms with Crippen LogP contribution in [0.3, 0.4) is 0 Å². The van der Waals surface area contributed by atoms with Gasteiger partial charge < -0.3 is 4.90 Å². The number of H-pyrrole nitrogens is 1. The predicted octanol–water partition coefficient (Wildman–Crippen LogP) is 4.79. The van der Waals surface area contributed by atoms with Crippen LogP contribution >= 0.6 is 0 Å². The lowest BCUT2D eigenvalue weighted by Gasteiger charge is -2.21. The van der Waals surface area contributed by atoms with Crippen molar-refractivity contribution in [1.29, 1.82) is 0 Å². The Morgan fingerprint density at radius 1 is 1.18 bits per heavy atom. The SMILES string of the molecule is CC/C(C)=c1/[nH]n2c(=O)c(CC)c(C(C)CC)nc2c1=Nc1ccc(N(CC)CC)cc1C. The standard InChI is InChI=1S/C27H39N5O/c1-9-17(6)23-21(11-3)27(33)32-26(29-23)25(24(30-32)18(7)10-2)28-22-15-14-20(16-19(22)8)31(12-4)13-5/h14-17,30H,9-13H2,1-8H3/b24-18+,28-25?. The lowest BCUT2D eigenvalue weighted by Crippen LogP contribution is -2.26. The van der Waals surface area contributed by atoms with Crippen LogP contribution in [0.1, 0.15) is 84.0 Å². The summed E-state index contributed by atoms with van der Waals surface area (Å²) in [6, 6.07) is 6.39. The molecule has 2 heterocycles. The lowest BCUT2D eigenvalue weighted by molar-refractivity contribution is 0.685. The second kappa shape index (κ2) is 10.4. The summed E-state index contributed by atoms with van der Waals surface area (Å²) in [6.07, 6.45) is 2.46. The van der Waals surface area contributed by atoms with E-state index in [-0.39, 0.29) is 11.5 Å². The van der Waals surface area contributed by atoms with Crippen LogP contribution in [0.25, 0.3) is 11.2 Å². The molecule has 0 aliphatic rings. The van der Waals surface area contributed by atoms with E-state index in [1.165, 1.54) is 5.69 Å². The second-order valence-electron chi connectivity index (χ2n) is 8.83. The van der Waals surface area contributed by atoms with Gasteiger partial charge in [-0.2, -0.15) is 4.52 Å². The first-order valence-electron chi connectivity index (χ1n) is 12.4. The Morgan fingerprint density at radius 3 is 2.42 bits per heavy atom. The number of aromatic amines is 1. The number of hydrogen-bond donors (Lipinski definition) is 1. The molecule has 6 heteroatoms. The average molecular weight is 450 g/mol. The fraction of sp³-hybridized carbons (Fsp3) is 0.519. The van der Waals surface area contributed by atoms with Gasteiger partial charge in [-0.05, 0) is 82.2 Å². The summed E-state index contributed by atoms with van der Waals surface area (Å²) in [5.41, 5.74) is 6.64. The van der Waals surface area contributed by atoms with Crippen molar-refractivity contribution in [3.63, 3.8) is 0 Å². The summed E-state index contributed by atoms with van der Waals surface area (Å²) >= 11 is 0. The third-order valence-electron chi connectivity index (χ3n) is 6.81. The maximum atomic E-state index is 13.4. The summed E-state index contributed by atoms with van der Waals surface area (Å²) in [5, 5.41) is 4.97. The smallest absolute Gasteiger partial charge is 0.276 e. The largest absolute Gasteiger partial charge is 0.372 e. The number of nitrogens with one attached hydrogen (secondary N) is 1. The zero-order valence-electron chi connectivity index (χ0n) is 21.5. The van der Waals surface area contributed by atoms with E-state index < -0.39 is 0 Å². The Kier molecular flexibility index (Phi) is 7.77. The van der Waals surface area contributed by atoms with Gasteiger partial charge in [0.1, 0.15) is 5.36 Å². The Morgan fingerprint density at radius 2 is 1.88 bits per heavy atom. The first-order valence-corrected chi connectivity index (χ1v) is 12.4. The van der Waals surface area contributed by atoms with Gasteiger partial charge >= 0.3 is 0 Å². The van der Waals surface area contributed by atoms with E-state index in [9.17, 15) is 4.79 Å². The van der Waals surface area contributed by atoms with E-state index in [0.29, 0.717) is 12.1 Å². The maximum absolute atomic E-state index is 13.4. The fourth-order valence-corrected chi connectivity index (χ4v) is 4.30. The average Bonchev–Trinajstić information content (AvgIpc) is 3.18. The number of nitrogens with zero attached hydrogens (tertiary/aromatic N) is 4. The van der Waals surface area contributed by atoms with Gasteiger partial charge in [0.05, 0.1) is 16.7 Å². The third-order valence-corrected chi connectivity index (χ3v) is 6.81. The predicted molar refractivity (Wildman–Crippen MR) is 138 cm³/mol. The van der Waals surface area contributed by atoms with E-state index in [4.69, 9.17) is 9.98 Å². The molecule has 0 aliphatic heterocycles. The number of aryl methyl sites for hydroxylation is 1. The van der Waals surface area contributed by atoms with Crippen molar-refractivity contribution in [2.75, 3.05) is 18.0 Å². The monoisotopic (exact) mass is 449 g/mol. The number of fused-ring (bicyclic) bond motifs is 1. The van der Waals surface area contributed by atoms with E-state index >= 15 is 0 Å². The molecule has 33 heavy (non-hydrogen) atoms. The number of rotatable bonds is 8. The number of aromatic nitrogens is 3. The Hall–Kier alpha value is -2.89. The van der Waals surface area contributed by atoms with Crippen LogP contribution in [0.2, 0.25) is 0 Å². The molecule has 3 rings (SSSR count). The van der Waals surface area contributed by atoms with Gasteiger partial charge in [-0.15, -0.1) is 0 Å². The normalized spacial score (nSPS) is 14.1.